The number of nitrogens with two attached hydrogens (primary N) is 1. The Hall–Kier alpha value is -1.64. The highest BCUT2D eigenvalue weighted by atomic mass is 32.2. The van der Waals surface area contributed by atoms with Crippen LogP contribution in [0.1, 0.15) is 12.5 Å². The minimum Gasteiger partial charge on any atom is -0.481 e. The quantitative estimate of drug-likeness (QED) is 0.546. The maximum absolute atomic E-state index is 13.4. The number of aliphatic hydroxyl groups excluding tert-OH is 1. The van der Waals surface area contributed by atoms with Gasteiger partial charge in [0.1, 0.15) is 5.82 Å². The molecule has 2 fully saturated rings. The molecule has 0 aromatic heterocycles. The number of hydrogen-bond donors (Lipinski definition) is 4. The van der Waals surface area contributed by atoms with Gasteiger partial charge in [-0.2, -0.15) is 0 Å². The fraction of sp³-hybridized carbons (Fsp3) is 0.556. The van der Waals surface area contributed by atoms with Gasteiger partial charge in [-0.3, -0.25) is 9.59 Å². The summed E-state index contributed by atoms with van der Waals surface area (Å²) in [6.45, 7) is 2.72. The molecule has 1 aromatic carbocycles. The number of fused-ring (bicyclic) bond motifs is 1. The fourth-order valence-corrected chi connectivity index (χ4v) is 5.76. The maximum atomic E-state index is 13.4. The van der Waals surface area contributed by atoms with E-state index >= 15 is 0 Å². The standard InChI is InChI=1S/C18H23FN2O4S/c1-8-5-10(3-4-12(8)19)26-6-11-16(21-9(2)23)13-14(17(24)25)15(13)18(11,20)7-22/h3-5,11,13-16,22H,6-7,20H2,1-2H3,(H,21,23)(H,24,25). The number of aliphatic hydroxyl groups is 1. The predicted octanol–water partition coefficient (Wildman–Crippen LogP) is 0.997. The number of hydrogen-bond acceptors (Lipinski definition) is 5. The van der Waals surface area contributed by atoms with E-state index in [2.05, 4.69) is 5.32 Å². The molecule has 2 saturated carbocycles. The molecule has 6 unspecified atom stereocenters. The van der Waals surface area contributed by atoms with E-state index in [1.54, 1.807) is 19.1 Å². The van der Waals surface area contributed by atoms with Crippen LogP contribution in [0.4, 0.5) is 4.39 Å². The van der Waals surface area contributed by atoms with Crippen molar-refractivity contribution in [2.24, 2.45) is 29.4 Å². The lowest BCUT2D eigenvalue weighted by molar-refractivity contribution is -0.140. The highest BCUT2D eigenvalue weighted by Gasteiger charge is 2.74. The number of halogens is 1. The van der Waals surface area contributed by atoms with Crippen LogP contribution in [-0.2, 0) is 9.59 Å². The zero-order valence-electron chi connectivity index (χ0n) is 14.6. The number of amides is 1. The summed E-state index contributed by atoms with van der Waals surface area (Å²) in [4.78, 5) is 24.0. The molecule has 0 radical (unpaired) electrons. The Morgan fingerprint density at radius 2 is 2.12 bits per heavy atom. The molecular weight excluding hydrogens is 359 g/mol. The van der Waals surface area contributed by atoms with Crippen molar-refractivity contribution in [3.05, 3.63) is 29.6 Å². The lowest BCUT2D eigenvalue weighted by Gasteiger charge is -2.37. The number of carbonyl (C=O) groups excluding carboxylic acids is 1. The van der Waals surface area contributed by atoms with Crippen LogP contribution in [0.5, 0.6) is 0 Å². The van der Waals surface area contributed by atoms with Gasteiger partial charge in [-0.15, -0.1) is 11.8 Å². The average Bonchev–Trinajstić information content (AvgIpc) is 3.28. The average molecular weight is 382 g/mol. The minimum absolute atomic E-state index is 0.250. The number of thioether (sulfide) groups is 1. The predicted molar refractivity (Wildman–Crippen MR) is 95.1 cm³/mol. The Morgan fingerprint density at radius 3 is 2.65 bits per heavy atom. The minimum atomic E-state index is -1.07. The second kappa shape index (κ2) is 6.83. The van der Waals surface area contributed by atoms with E-state index in [0.717, 1.165) is 4.90 Å². The molecule has 0 bridgehead atoms. The molecule has 3 rings (SSSR count). The summed E-state index contributed by atoms with van der Waals surface area (Å²) < 4.78 is 13.4. The topological polar surface area (TPSA) is 113 Å². The van der Waals surface area contributed by atoms with Crippen LogP contribution in [0, 0.1) is 36.4 Å². The number of rotatable bonds is 6. The Balaban J connectivity index is 1.82. The van der Waals surface area contributed by atoms with Crippen LogP contribution in [0.2, 0.25) is 0 Å². The summed E-state index contributed by atoms with van der Waals surface area (Å²) in [5.41, 5.74) is 5.93. The first-order valence-electron chi connectivity index (χ1n) is 8.49. The second-order valence-electron chi connectivity index (χ2n) is 7.29. The summed E-state index contributed by atoms with van der Waals surface area (Å²) in [5.74, 6) is -2.53. The van der Waals surface area contributed by atoms with Crippen molar-refractivity contribution in [3.63, 3.8) is 0 Å². The third-order valence-electron chi connectivity index (χ3n) is 5.72. The van der Waals surface area contributed by atoms with E-state index < -0.39 is 23.5 Å². The largest absolute Gasteiger partial charge is 0.481 e. The summed E-state index contributed by atoms with van der Waals surface area (Å²) in [6.07, 6.45) is 0. The van der Waals surface area contributed by atoms with Crippen LogP contribution in [-0.4, -0.2) is 46.0 Å². The SMILES string of the molecule is CC(=O)NC1C2C(C(=O)O)C2C(N)(CO)C1CSc1ccc(F)c(C)c1. The normalized spacial score (nSPS) is 35.0. The molecule has 0 spiro atoms. The molecule has 5 N–H and O–H groups in total. The molecule has 1 aromatic rings. The highest BCUT2D eigenvalue weighted by molar-refractivity contribution is 7.99. The van der Waals surface area contributed by atoms with Crippen LogP contribution < -0.4 is 11.1 Å². The van der Waals surface area contributed by atoms with Crippen LogP contribution in [0.15, 0.2) is 23.1 Å². The number of carboxylic acids is 1. The van der Waals surface area contributed by atoms with Crippen molar-refractivity contribution in [1.82, 2.24) is 5.32 Å². The molecule has 6 atom stereocenters. The van der Waals surface area contributed by atoms with Gasteiger partial charge in [0.05, 0.1) is 12.5 Å². The van der Waals surface area contributed by atoms with E-state index in [4.69, 9.17) is 5.73 Å². The zero-order valence-corrected chi connectivity index (χ0v) is 15.4. The van der Waals surface area contributed by atoms with Crippen LogP contribution in [0.25, 0.3) is 0 Å². The van der Waals surface area contributed by atoms with Gasteiger partial charge in [-0.05, 0) is 42.5 Å². The van der Waals surface area contributed by atoms with Gasteiger partial charge >= 0.3 is 5.97 Å². The van der Waals surface area contributed by atoms with Crippen molar-refractivity contribution >= 4 is 23.6 Å². The molecule has 26 heavy (non-hydrogen) atoms. The molecular formula is C18H23FN2O4S. The lowest BCUT2D eigenvalue weighted by atomic mass is 9.81. The van der Waals surface area contributed by atoms with E-state index in [1.165, 1.54) is 24.8 Å². The number of aryl methyl sites for hydroxylation is 1. The second-order valence-corrected chi connectivity index (χ2v) is 8.39. The van der Waals surface area contributed by atoms with E-state index in [9.17, 15) is 24.2 Å². The lowest BCUT2D eigenvalue weighted by Crippen LogP contribution is -2.57. The Bertz CT molecular complexity index is 746. The van der Waals surface area contributed by atoms with Crippen LogP contribution >= 0.6 is 11.8 Å². The third-order valence-corrected chi connectivity index (χ3v) is 6.84. The van der Waals surface area contributed by atoms with Crippen molar-refractivity contribution < 1.29 is 24.2 Å². The number of aliphatic carboxylic acids is 1. The van der Waals surface area contributed by atoms with Crippen molar-refractivity contribution in [1.29, 1.82) is 0 Å². The van der Waals surface area contributed by atoms with E-state index in [0.29, 0.717) is 11.3 Å². The third kappa shape index (κ3) is 3.10. The first kappa shape index (κ1) is 19.1. The molecule has 0 aliphatic heterocycles. The first-order valence-corrected chi connectivity index (χ1v) is 9.48. The molecule has 8 heteroatoms. The smallest absolute Gasteiger partial charge is 0.307 e. The summed E-state index contributed by atoms with van der Waals surface area (Å²) in [6, 6.07) is 4.41. The maximum Gasteiger partial charge on any atom is 0.307 e. The number of carboxylic acid groups (broad SMARTS) is 1. The molecule has 6 nitrogen and oxygen atoms in total. The van der Waals surface area contributed by atoms with Crippen molar-refractivity contribution in [2.45, 2.75) is 30.3 Å². The molecule has 1 amide bonds. The van der Waals surface area contributed by atoms with Gasteiger partial charge < -0.3 is 21.3 Å². The summed E-state index contributed by atoms with van der Waals surface area (Å²) in [5, 5.41) is 22.2. The van der Waals surface area contributed by atoms with Crippen molar-refractivity contribution in [3.8, 4) is 0 Å². The fourth-order valence-electron chi connectivity index (χ4n) is 4.45. The summed E-state index contributed by atoms with van der Waals surface area (Å²) in [7, 11) is 0. The molecule has 2 aliphatic carbocycles. The van der Waals surface area contributed by atoms with Crippen molar-refractivity contribution in [2.75, 3.05) is 12.4 Å². The Morgan fingerprint density at radius 1 is 1.42 bits per heavy atom. The van der Waals surface area contributed by atoms with Gasteiger partial charge in [0.25, 0.3) is 0 Å². The molecule has 142 valence electrons. The van der Waals surface area contributed by atoms with Gasteiger partial charge in [-0.1, -0.05) is 0 Å². The van der Waals surface area contributed by atoms with Gasteiger partial charge in [0.15, 0.2) is 0 Å². The van der Waals surface area contributed by atoms with Gasteiger partial charge in [-0.25, -0.2) is 4.39 Å². The van der Waals surface area contributed by atoms with Gasteiger partial charge in [0, 0.05) is 35.1 Å². The molecule has 0 heterocycles. The Labute approximate surface area is 155 Å². The van der Waals surface area contributed by atoms with Crippen LogP contribution in [0.3, 0.4) is 0 Å². The Kier molecular flexibility index (Phi) is 5.02. The van der Waals surface area contributed by atoms with Gasteiger partial charge in [0.2, 0.25) is 5.91 Å². The number of nitrogens with one attached hydrogen (secondary N) is 1. The monoisotopic (exact) mass is 382 g/mol. The first-order chi connectivity index (χ1) is 12.2. The van der Waals surface area contributed by atoms with E-state index in [1.807, 2.05) is 0 Å². The number of carbonyl (C=O) groups is 2. The summed E-state index contributed by atoms with van der Waals surface area (Å²) >= 11 is 1.46. The molecule has 0 saturated heterocycles. The van der Waals surface area contributed by atoms with E-state index in [-0.39, 0.29) is 36.1 Å². The highest BCUT2D eigenvalue weighted by Crippen LogP contribution is 2.64. The zero-order chi connectivity index (χ0) is 19.2. The number of benzene rings is 1. The molecule has 2 aliphatic rings.